The molecule has 0 aliphatic rings. The number of hydrogen-bond acceptors (Lipinski definition) is 1. The highest BCUT2D eigenvalue weighted by molar-refractivity contribution is 5.88. The van der Waals surface area contributed by atoms with Crippen LogP contribution in [0.1, 0.15) is 31.9 Å². The van der Waals surface area contributed by atoms with Gasteiger partial charge in [-0.25, -0.2) is 0 Å². The zero-order chi connectivity index (χ0) is 15.7. The van der Waals surface area contributed by atoms with Gasteiger partial charge >= 0.3 is 0 Å². The lowest BCUT2D eigenvalue weighted by Gasteiger charge is -2.21. The quantitative estimate of drug-likeness (QED) is 0.543. The lowest BCUT2D eigenvalue weighted by Crippen LogP contribution is -2.11. The molecule has 0 aromatic heterocycles. The summed E-state index contributed by atoms with van der Waals surface area (Å²) in [6.45, 7) is 8.81. The Balaban J connectivity index is 2.03. The highest BCUT2D eigenvalue weighted by Gasteiger charge is 2.16. The summed E-state index contributed by atoms with van der Waals surface area (Å²) in [6, 6.07) is 21.0. The van der Waals surface area contributed by atoms with Crippen molar-refractivity contribution in [1.29, 1.82) is 0 Å². The van der Waals surface area contributed by atoms with Gasteiger partial charge in [0.1, 0.15) is 11.5 Å². The maximum atomic E-state index is 6.01. The van der Waals surface area contributed by atoms with E-state index in [1.807, 2.05) is 18.2 Å². The predicted octanol–water partition coefficient (Wildman–Crippen LogP) is 6.24. The number of benzene rings is 3. The molecule has 0 saturated heterocycles. The molecule has 0 bridgehead atoms. The highest BCUT2D eigenvalue weighted by atomic mass is 16.5. The van der Waals surface area contributed by atoms with Crippen molar-refractivity contribution in [3.63, 3.8) is 0 Å². The smallest absolute Gasteiger partial charge is 0.128 e. The Bertz CT molecular complexity index is 792. The molecule has 1 heteroatoms. The van der Waals surface area contributed by atoms with E-state index in [4.69, 9.17) is 4.74 Å². The molecular formula is C21H22O. The number of ether oxygens (including phenoxy) is 1. The molecule has 0 aliphatic heterocycles. The standard InChI is InChI=1S/C21H22O/c1-15-8-11-17(12-9-15)22-18-13-10-16-6-5-7-20(19(16)14-18)21(2,3)4/h5-14H,1-4H3. The van der Waals surface area contributed by atoms with E-state index < -0.39 is 0 Å². The number of rotatable bonds is 2. The van der Waals surface area contributed by atoms with Gasteiger partial charge < -0.3 is 4.74 Å². The van der Waals surface area contributed by atoms with Crippen molar-refractivity contribution in [2.45, 2.75) is 33.1 Å². The Labute approximate surface area is 132 Å². The van der Waals surface area contributed by atoms with Crippen LogP contribution in [0, 0.1) is 6.92 Å². The summed E-state index contributed by atoms with van der Waals surface area (Å²) in [4.78, 5) is 0. The van der Waals surface area contributed by atoms with Crippen LogP contribution in [0.4, 0.5) is 0 Å². The SMILES string of the molecule is Cc1ccc(Oc2ccc3cccc(C(C)(C)C)c3c2)cc1. The van der Waals surface area contributed by atoms with Gasteiger partial charge in [0.05, 0.1) is 0 Å². The van der Waals surface area contributed by atoms with Crippen molar-refractivity contribution < 1.29 is 4.74 Å². The molecule has 0 fully saturated rings. The Morgan fingerprint density at radius 1 is 0.773 bits per heavy atom. The molecule has 0 aliphatic carbocycles. The zero-order valence-corrected chi connectivity index (χ0v) is 13.7. The molecule has 112 valence electrons. The summed E-state index contributed by atoms with van der Waals surface area (Å²) in [7, 11) is 0. The maximum absolute atomic E-state index is 6.01. The van der Waals surface area contributed by atoms with Crippen LogP contribution in [0.2, 0.25) is 0 Å². The number of fused-ring (bicyclic) bond motifs is 1. The van der Waals surface area contributed by atoms with Gasteiger partial charge in [0.25, 0.3) is 0 Å². The van der Waals surface area contributed by atoms with Crippen molar-refractivity contribution in [3.8, 4) is 11.5 Å². The van der Waals surface area contributed by atoms with Gasteiger partial charge in [0.2, 0.25) is 0 Å². The summed E-state index contributed by atoms with van der Waals surface area (Å²) in [5.41, 5.74) is 2.70. The van der Waals surface area contributed by atoms with Crippen molar-refractivity contribution >= 4 is 10.8 Å². The molecule has 3 aromatic rings. The lowest BCUT2D eigenvalue weighted by molar-refractivity contribution is 0.483. The Morgan fingerprint density at radius 2 is 1.45 bits per heavy atom. The number of hydrogen-bond donors (Lipinski definition) is 0. The van der Waals surface area contributed by atoms with Gasteiger partial charge in [0, 0.05) is 0 Å². The van der Waals surface area contributed by atoms with Crippen molar-refractivity contribution in [2.75, 3.05) is 0 Å². The van der Waals surface area contributed by atoms with Gasteiger partial charge in [-0.3, -0.25) is 0 Å². The van der Waals surface area contributed by atoms with Crippen LogP contribution in [0.5, 0.6) is 11.5 Å². The fourth-order valence-corrected chi connectivity index (χ4v) is 2.71. The molecule has 3 rings (SSSR count). The molecular weight excluding hydrogens is 268 g/mol. The van der Waals surface area contributed by atoms with E-state index >= 15 is 0 Å². The molecule has 0 heterocycles. The predicted molar refractivity (Wildman–Crippen MR) is 93.9 cm³/mol. The maximum Gasteiger partial charge on any atom is 0.128 e. The first-order valence-electron chi connectivity index (χ1n) is 7.71. The van der Waals surface area contributed by atoms with Gasteiger partial charge in [0.15, 0.2) is 0 Å². The fraction of sp³-hybridized carbons (Fsp3) is 0.238. The van der Waals surface area contributed by atoms with Crippen LogP contribution in [-0.2, 0) is 5.41 Å². The first-order chi connectivity index (χ1) is 10.4. The summed E-state index contributed by atoms with van der Waals surface area (Å²) < 4.78 is 6.01. The van der Waals surface area contributed by atoms with Gasteiger partial charge in [-0.1, -0.05) is 62.7 Å². The largest absolute Gasteiger partial charge is 0.457 e. The first-order valence-corrected chi connectivity index (χ1v) is 7.71. The minimum absolute atomic E-state index is 0.113. The van der Waals surface area contributed by atoms with Crippen LogP contribution in [0.25, 0.3) is 10.8 Å². The van der Waals surface area contributed by atoms with E-state index in [0.717, 1.165) is 11.5 Å². The van der Waals surface area contributed by atoms with Crippen LogP contribution in [0.3, 0.4) is 0 Å². The molecule has 0 atom stereocenters. The van der Waals surface area contributed by atoms with E-state index in [0.29, 0.717) is 0 Å². The Hall–Kier alpha value is -2.28. The summed E-state index contributed by atoms with van der Waals surface area (Å²) in [5.74, 6) is 1.76. The minimum Gasteiger partial charge on any atom is -0.457 e. The average molecular weight is 290 g/mol. The molecule has 3 aromatic carbocycles. The summed E-state index contributed by atoms with van der Waals surface area (Å²) in [5, 5.41) is 2.52. The lowest BCUT2D eigenvalue weighted by atomic mass is 9.84. The van der Waals surface area contributed by atoms with Crippen LogP contribution < -0.4 is 4.74 Å². The molecule has 0 unspecified atom stereocenters. The van der Waals surface area contributed by atoms with E-state index in [1.165, 1.54) is 21.9 Å². The highest BCUT2D eigenvalue weighted by Crippen LogP contribution is 2.33. The molecule has 0 spiro atoms. The monoisotopic (exact) mass is 290 g/mol. The molecule has 0 amide bonds. The molecule has 0 N–H and O–H groups in total. The normalized spacial score (nSPS) is 11.6. The van der Waals surface area contributed by atoms with Gasteiger partial charge in [-0.05, 0) is 52.9 Å². The minimum atomic E-state index is 0.113. The zero-order valence-electron chi connectivity index (χ0n) is 13.7. The summed E-state index contributed by atoms with van der Waals surface area (Å²) >= 11 is 0. The molecule has 1 nitrogen and oxygen atoms in total. The van der Waals surface area contributed by atoms with E-state index in [9.17, 15) is 0 Å². The third-order valence-electron chi connectivity index (χ3n) is 3.92. The second-order valence-electron chi connectivity index (χ2n) is 6.85. The topological polar surface area (TPSA) is 9.23 Å². The second-order valence-corrected chi connectivity index (χ2v) is 6.85. The van der Waals surface area contributed by atoms with Crippen LogP contribution in [0.15, 0.2) is 60.7 Å². The van der Waals surface area contributed by atoms with Crippen LogP contribution in [-0.4, -0.2) is 0 Å². The summed E-state index contributed by atoms with van der Waals surface area (Å²) in [6.07, 6.45) is 0. The third kappa shape index (κ3) is 2.99. The van der Waals surface area contributed by atoms with E-state index in [1.54, 1.807) is 0 Å². The molecule has 0 radical (unpaired) electrons. The van der Waals surface area contributed by atoms with Crippen molar-refractivity contribution in [1.82, 2.24) is 0 Å². The fourth-order valence-electron chi connectivity index (χ4n) is 2.71. The average Bonchev–Trinajstić information content (AvgIpc) is 2.48. The van der Waals surface area contributed by atoms with E-state index in [-0.39, 0.29) is 5.41 Å². The van der Waals surface area contributed by atoms with Crippen LogP contribution >= 0.6 is 0 Å². The van der Waals surface area contributed by atoms with Crippen molar-refractivity contribution in [3.05, 3.63) is 71.8 Å². The second kappa shape index (κ2) is 5.49. The van der Waals surface area contributed by atoms with Gasteiger partial charge in [-0.15, -0.1) is 0 Å². The Kier molecular flexibility index (Phi) is 3.66. The molecule has 22 heavy (non-hydrogen) atoms. The third-order valence-corrected chi connectivity index (χ3v) is 3.92. The van der Waals surface area contributed by atoms with Crippen molar-refractivity contribution in [2.24, 2.45) is 0 Å². The Morgan fingerprint density at radius 3 is 2.14 bits per heavy atom. The first kappa shape index (κ1) is 14.6. The molecule has 0 saturated carbocycles. The number of aryl methyl sites for hydroxylation is 1. The van der Waals surface area contributed by atoms with E-state index in [2.05, 4.69) is 70.2 Å². The van der Waals surface area contributed by atoms with Gasteiger partial charge in [-0.2, -0.15) is 0 Å².